The number of ketones is 1. The van der Waals surface area contributed by atoms with Crippen LogP contribution in [-0.4, -0.2) is 41.4 Å². The quantitative estimate of drug-likeness (QED) is 0.843. The Morgan fingerprint density at radius 2 is 2.37 bits per heavy atom. The highest BCUT2D eigenvalue weighted by molar-refractivity contribution is 5.86. The summed E-state index contributed by atoms with van der Waals surface area (Å²) in [5, 5.41) is 7.70. The Morgan fingerprint density at radius 3 is 3.00 bits per heavy atom. The van der Waals surface area contributed by atoms with Crippen LogP contribution in [0.1, 0.15) is 38.4 Å². The largest absolute Gasteiger partial charge is 0.378 e. The second-order valence-corrected chi connectivity index (χ2v) is 4.98. The molecule has 0 spiro atoms. The summed E-state index contributed by atoms with van der Waals surface area (Å²) < 4.78 is 7.29. The van der Waals surface area contributed by atoms with Gasteiger partial charge in [-0.3, -0.25) is 9.48 Å². The number of nitrogens with one attached hydrogen (secondary N) is 1. The molecule has 1 saturated heterocycles. The van der Waals surface area contributed by atoms with E-state index in [4.69, 9.17) is 4.74 Å². The number of carbonyl (C=O) groups excluding carboxylic acids is 1. The number of morpholine rings is 1. The maximum absolute atomic E-state index is 12.1. The minimum atomic E-state index is -0.174. The molecule has 1 aliphatic rings. The minimum absolute atomic E-state index is 0.162. The smallest absolute Gasteiger partial charge is 0.158 e. The predicted octanol–water partition coefficient (Wildman–Crippen LogP) is 1.34. The van der Waals surface area contributed by atoms with Crippen molar-refractivity contribution >= 4 is 5.78 Å². The van der Waals surface area contributed by atoms with Gasteiger partial charge in [-0.05, 0) is 18.9 Å². The summed E-state index contributed by atoms with van der Waals surface area (Å²) in [7, 11) is 0. The summed E-state index contributed by atoms with van der Waals surface area (Å²) >= 11 is 0. The molecule has 0 saturated carbocycles. The third kappa shape index (κ3) is 3.64. The Labute approximate surface area is 114 Å². The summed E-state index contributed by atoms with van der Waals surface area (Å²) in [5.41, 5.74) is 0.851. The number of ether oxygens (including phenoxy) is 1. The summed E-state index contributed by atoms with van der Waals surface area (Å²) in [6.07, 6.45) is 4.48. The van der Waals surface area contributed by atoms with E-state index in [0.29, 0.717) is 25.7 Å². The lowest BCUT2D eigenvalue weighted by atomic mass is 10.1. The molecule has 1 N–H and O–H groups in total. The van der Waals surface area contributed by atoms with Gasteiger partial charge in [-0.15, -0.1) is 0 Å². The third-order valence-electron chi connectivity index (χ3n) is 3.65. The highest BCUT2D eigenvalue weighted by Crippen LogP contribution is 2.15. The fourth-order valence-electron chi connectivity index (χ4n) is 2.41. The Morgan fingerprint density at radius 1 is 1.58 bits per heavy atom. The van der Waals surface area contributed by atoms with E-state index in [1.807, 2.05) is 16.9 Å². The molecule has 0 aliphatic carbocycles. The molecule has 1 aromatic heterocycles. The topological polar surface area (TPSA) is 56.1 Å². The zero-order valence-corrected chi connectivity index (χ0v) is 11.8. The molecule has 19 heavy (non-hydrogen) atoms. The number of rotatable bonds is 6. The molecule has 1 unspecified atom stereocenters. The van der Waals surface area contributed by atoms with E-state index in [2.05, 4.69) is 24.3 Å². The zero-order chi connectivity index (χ0) is 13.7. The highest BCUT2D eigenvalue weighted by Gasteiger charge is 2.22. The van der Waals surface area contributed by atoms with Crippen LogP contribution in [0, 0.1) is 0 Å². The average molecular weight is 265 g/mol. The van der Waals surface area contributed by atoms with Gasteiger partial charge in [0.15, 0.2) is 5.78 Å². The number of hydrogen-bond donors (Lipinski definition) is 1. The molecule has 0 amide bonds. The number of nitrogens with zero attached hydrogens (tertiary/aromatic N) is 2. The van der Waals surface area contributed by atoms with E-state index in [1.165, 1.54) is 0 Å². The number of hydrogen-bond acceptors (Lipinski definition) is 4. The molecule has 5 heteroatoms. The lowest BCUT2D eigenvalue weighted by molar-refractivity contribution is -0.123. The third-order valence-corrected chi connectivity index (χ3v) is 3.65. The predicted molar refractivity (Wildman–Crippen MR) is 73.2 cm³/mol. The fourth-order valence-corrected chi connectivity index (χ4v) is 2.41. The SMILES string of the molecule is CCC(CC)n1ccc(CC(=O)C2COCCN2)n1. The van der Waals surface area contributed by atoms with Gasteiger partial charge >= 0.3 is 0 Å². The first kappa shape index (κ1) is 14.2. The van der Waals surface area contributed by atoms with Gasteiger partial charge in [0.25, 0.3) is 0 Å². The molecule has 2 rings (SSSR count). The molecule has 1 atom stereocenters. The molecular weight excluding hydrogens is 242 g/mol. The van der Waals surface area contributed by atoms with Crippen LogP contribution in [0.2, 0.25) is 0 Å². The Hall–Kier alpha value is -1.20. The fraction of sp³-hybridized carbons (Fsp3) is 0.714. The first-order valence-corrected chi connectivity index (χ1v) is 7.12. The van der Waals surface area contributed by atoms with Gasteiger partial charge in [-0.25, -0.2) is 0 Å². The molecule has 106 valence electrons. The van der Waals surface area contributed by atoms with E-state index in [0.717, 1.165) is 25.1 Å². The Bertz CT molecular complexity index is 407. The Kier molecular flexibility index (Phi) is 5.10. The van der Waals surface area contributed by atoms with Crippen molar-refractivity contribution in [2.75, 3.05) is 19.8 Å². The van der Waals surface area contributed by atoms with Crippen molar-refractivity contribution in [2.45, 2.75) is 45.2 Å². The van der Waals surface area contributed by atoms with Crippen LogP contribution < -0.4 is 5.32 Å². The van der Waals surface area contributed by atoms with Crippen LogP contribution in [0.4, 0.5) is 0 Å². The molecule has 2 heterocycles. The van der Waals surface area contributed by atoms with Crippen LogP contribution in [-0.2, 0) is 16.0 Å². The van der Waals surface area contributed by atoms with Crippen LogP contribution >= 0.6 is 0 Å². The van der Waals surface area contributed by atoms with Gasteiger partial charge in [-0.1, -0.05) is 13.8 Å². The molecule has 0 bridgehead atoms. The van der Waals surface area contributed by atoms with Crippen molar-refractivity contribution in [3.63, 3.8) is 0 Å². The maximum atomic E-state index is 12.1. The van der Waals surface area contributed by atoms with Crippen molar-refractivity contribution in [1.82, 2.24) is 15.1 Å². The van der Waals surface area contributed by atoms with Crippen molar-refractivity contribution in [3.8, 4) is 0 Å². The zero-order valence-electron chi connectivity index (χ0n) is 11.8. The standard InChI is InChI=1S/C14H23N3O2/c1-3-12(4-2)17-7-5-11(16-17)9-14(18)13-10-19-8-6-15-13/h5,7,12-13,15H,3-4,6,8-10H2,1-2H3. The summed E-state index contributed by atoms with van der Waals surface area (Å²) in [5.74, 6) is 0.162. The average Bonchev–Trinajstić information content (AvgIpc) is 2.89. The highest BCUT2D eigenvalue weighted by atomic mass is 16.5. The van der Waals surface area contributed by atoms with Crippen LogP contribution in [0.25, 0.3) is 0 Å². The molecule has 1 aliphatic heterocycles. The van der Waals surface area contributed by atoms with E-state index in [1.54, 1.807) is 0 Å². The van der Waals surface area contributed by atoms with Crippen molar-refractivity contribution in [3.05, 3.63) is 18.0 Å². The second-order valence-electron chi connectivity index (χ2n) is 4.98. The summed E-state index contributed by atoms with van der Waals surface area (Å²) in [6, 6.07) is 2.20. The summed E-state index contributed by atoms with van der Waals surface area (Å²) in [4.78, 5) is 12.1. The van der Waals surface area contributed by atoms with Crippen molar-refractivity contribution in [1.29, 1.82) is 0 Å². The normalized spacial score (nSPS) is 19.8. The lowest BCUT2D eigenvalue weighted by Crippen LogP contribution is -2.47. The van der Waals surface area contributed by atoms with Crippen molar-refractivity contribution in [2.24, 2.45) is 0 Å². The lowest BCUT2D eigenvalue weighted by Gasteiger charge is -2.22. The van der Waals surface area contributed by atoms with Gasteiger partial charge in [0.2, 0.25) is 0 Å². The van der Waals surface area contributed by atoms with Crippen LogP contribution in [0.15, 0.2) is 12.3 Å². The maximum Gasteiger partial charge on any atom is 0.158 e. The first-order chi connectivity index (χ1) is 9.24. The summed E-state index contributed by atoms with van der Waals surface area (Å²) in [6.45, 7) is 6.23. The molecule has 5 nitrogen and oxygen atoms in total. The van der Waals surface area contributed by atoms with E-state index >= 15 is 0 Å². The van der Waals surface area contributed by atoms with Crippen molar-refractivity contribution < 1.29 is 9.53 Å². The number of Topliss-reactive ketones (excluding diaryl/α,β-unsaturated/α-hetero) is 1. The van der Waals surface area contributed by atoms with Crippen LogP contribution in [0.3, 0.4) is 0 Å². The molecule has 1 aromatic rings. The molecule has 1 fully saturated rings. The second kappa shape index (κ2) is 6.82. The van der Waals surface area contributed by atoms with Crippen LogP contribution in [0.5, 0.6) is 0 Å². The van der Waals surface area contributed by atoms with E-state index < -0.39 is 0 Å². The first-order valence-electron chi connectivity index (χ1n) is 7.12. The molecular formula is C14H23N3O2. The van der Waals surface area contributed by atoms with E-state index in [-0.39, 0.29) is 11.8 Å². The minimum Gasteiger partial charge on any atom is -0.378 e. The van der Waals surface area contributed by atoms with E-state index in [9.17, 15) is 4.79 Å². The van der Waals surface area contributed by atoms with Gasteiger partial charge in [0, 0.05) is 12.7 Å². The Balaban J connectivity index is 1.93. The molecule has 0 radical (unpaired) electrons. The number of aromatic nitrogens is 2. The van der Waals surface area contributed by atoms with Gasteiger partial charge < -0.3 is 10.1 Å². The van der Waals surface area contributed by atoms with Gasteiger partial charge in [0.1, 0.15) is 0 Å². The number of carbonyl (C=O) groups is 1. The monoisotopic (exact) mass is 265 g/mol. The van der Waals surface area contributed by atoms with Gasteiger partial charge in [0.05, 0.1) is 37.4 Å². The molecule has 0 aromatic carbocycles. The van der Waals surface area contributed by atoms with Gasteiger partial charge in [-0.2, -0.15) is 5.10 Å².